The number of aromatic amines is 1. The number of anilines is 1. The molecule has 0 aliphatic rings. The maximum atomic E-state index is 5.83. The highest BCUT2D eigenvalue weighted by Crippen LogP contribution is 2.32. The monoisotopic (exact) mass is 254 g/mol. The zero-order valence-electron chi connectivity index (χ0n) is 10.1. The Labute approximate surface area is 110 Å². The van der Waals surface area contributed by atoms with Crippen LogP contribution in [-0.2, 0) is 0 Å². The molecule has 0 aliphatic carbocycles. The van der Waals surface area contributed by atoms with Gasteiger partial charge in [-0.15, -0.1) is 0 Å². The van der Waals surface area contributed by atoms with E-state index in [9.17, 15) is 0 Å². The maximum Gasteiger partial charge on any atom is 0.0780 e. The van der Waals surface area contributed by atoms with Crippen molar-refractivity contribution in [2.45, 2.75) is 16.8 Å². The lowest BCUT2D eigenvalue weighted by atomic mass is 10.2. The van der Waals surface area contributed by atoms with E-state index in [4.69, 9.17) is 5.73 Å². The second-order valence-electron chi connectivity index (χ2n) is 4.35. The lowest BCUT2D eigenvalue weighted by Crippen LogP contribution is -1.87. The van der Waals surface area contributed by atoms with Crippen LogP contribution in [0, 0.1) is 6.92 Å². The Morgan fingerprint density at radius 3 is 2.72 bits per heavy atom. The number of para-hydroxylation sites is 1. The van der Waals surface area contributed by atoms with Crippen molar-refractivity contribution < 1.29 is 0 Å². The highest BCUT2D eigenvalue weighted by Gasteiger charge is 2.05. The number of nitrogens with one attached hydrogen (secondary N) is 1. The summed E-state index contributed by atoms with van der Waals surface area (Å²) >= 11 is 1.72. The molecule has 18 heavy (non-hydrogen) atoms. The van der Waals surface area contributed by atoms with Crippen LogP contribution in [-0.4, -0.2) is 4.98 Å². The molecule has 0 bridgehead atoms. The van der Waals surface area contributed by atoms with E-state index in [2.05, 4.69) is 42.2 Å². The second-order valence-corrected chi connectivity index (χ2v) is 5.43. The molecule has 0 unspecified atom stereocenters. The molecule has 1 heterocycles. The van der Waals surface area contributed by atoms with Crippen molar-refractivity contribution in [2.75, 3.05) is 5.73 Å². The third-order valence-corrected chi connectivity index (χ3v) is 4.04. The molecule has 0 fully saturated rings. The quantitative estimate of drug-likeness (QED) is 0.673. The first-order valence-corrected chi connectivity index (χ1v) is 6.66. The molecule has 0 radical (unpaired) electrons. The molecule has 0 amide bonds. The molecule has 0 saturated heterocycles. The van der Waals surface area contributed by atoms with E-state index in [1.54, 1.807) is 11.8 Å². The van der Waals surface area contributed by atoms with Gasteiger partial charge in [-0.05, 0) is 36.8 Å². The third-order valence-electron chi connectivity index (χ3n) is 2.94. The number of H-pyrrole nitrogens is 1. The first-order valence-electron chi connectivity index (χ1n) is 5.84. The number of nitrogen functional groups attached to an aromatic ring is 1. The number of nitrogens with two attached hydrogens (primary N) is 1. The molecule has 0 aliphatic heterocycles. The smallest absolute Gasteiger partial charge is 0.0780 e. The van der Waals surface area contributed by atoms with Gasteiger partial charge in [0.2, 0.25) is 0 Å². The Balaban J connectivity index is 1.98. The molecule has 2 aromatic carbocycles. The fourth-order valence-corrected chi connectivity index (χ4v) is 2.95. The van der Waals surface area contributed by atoms with Gasteiger partial charge in [0.25, 0.3) is 0 Å². The van der Waals surface area contributed by atoms with Gasteiger partial charge in [0, 0.05) is 21.5 Å². The van der Waals surface area contributed by atoms with Gasteiger partial charge in [-0.25, -0.2) is 0 Å². The van der Waals surface area contributed by atoms with Crippen LogP contribution in [0.5, 0.6) is 0 Å². The van der Waals surface area contributed by atoms with Crippen molar-refractivity contribution in [2.24, 2.45) is 0 Å². The molecular weight excluding hydrogens is 240 g/mol. The van der Waals surface area contributed by atoms with Gasteiger partial charge in [-0.2, -0.15) is 0 Å². The van der Waals surface area contributed by atoms with Gasteiger partial charge >= 0.3 is 0 Å². The van der Waals surface area contributed by atoms with E-state index in [1.807, 2.05) is 18.2 Å². The summed E-state index contributed by atoms with van der Waals surface area (Å²) in [5, 5.41) is 2.38. The van der Waals surface area contributed by atoms with Crippen molar-refractivity contribution in [3.63, 3.8) is 0 Å². The minimum absolute atomic E-state index is 0.805. The van der Waals surface area contributed by atoms with E-state index in [0.29, 0.717) is 0 Å². The first-order chi connectivity index (χ1) is 8.72. The Morgan fingerprint density at radius 1 is 1.06 bits per heavy atom. The zero-order valence-corrected chi connectivity index (χ0v) is 10.9. The number of rotatable bonds is 2. The largest absolute Gasteiger partial charge is 0.399 e. The SMILES string of the molecule is Cc1ccc(N)cc1Sc1cc2ccccc2[nH]1. The Bertz CT molecular complexity index is 668. The topological polar surface area (TPSA) is 41.8 Å². The van der Waals surface area contributed by atoms with Crippen LogP contribution < -0.4 is 5.73 Å². The molecule has 3 heteroatoms. The number of hydrogen-bond acceptors (Lipinski definition) is 2. The zero-order chi connectivity index (χ0) is 12.5. The van der Waals surface area contributed by atoms with Crippen LogP contribution in [0.25, 0.3) is 10.9 Å². The van der Waals surface area contributed by atoms with Gasteiger partial charge in [0.15, 0.2) is 0 Å². The van der Waals surface area contributed by atoms with Crippen LogP contribution in [0.3, 0.4) is 0 Å². The maximum absolute atomic E-state index is 5.83. The molecular formula is C15H14N2S. The first kappa shape index (κ1) is 11.2. The highest BCUT2D eigenvalue weighted by atomic mass is 32.2. The summed E-state index contributed by atoms with van der Waals surface area (Å²) in [4.78, 5) is 4.61. The lowest BCUT2D eigenvalue weighted by Gasteiger charge is -2.04. The Hall–Kier alpha value is -1.87. The van der Waals surface area contributed by atoms with Crippen molar-refractivity contribution in [1.82, 2.24) is 4.98 Å². The van der Waals surface area contributed by atoms with Crippen LogP contribution in [0.4, 0.5) is 5.69 Å². The van der Waals surface area contributed by atoms with Crippen LogP contribution >= 0.6 is 11.8 Å². The second kappa shape index (κ2) is 4.42. The predicted molar refractivity (Wildman–Crippen MR) is 78.0 cm³/mol. The van der Waals surface area contributed by atoms with Gasteiger partial charge in [0.05, 0.1) is 5.03 Å². The Morgan fingerprint density at radius 2 is 1.89 bits per heavy atom. The fraction of sp³-hybridized carbons (Fsp3) is 0.0667. The third kappa shape index (κ3) is 2.09. The summed E-state index contributed by atoms with van der Waals surface area (Å²) in [6.07, 6.45) is 0. The van der Waals surface area contributed by atoms with E-state index in [-0.39, 0.29) is 0 Å². The normalized spacial score (nSPS) is 10.9. The minimum Gasteiger partial charge on any atom is -0.399 e. The number of hydrogen-bond donors (Lipinski definition) is 2. The van der Waals surface area contributed by atoms with Gasteiger partial charge in [0.1, 0.15) is 0 Å². The van der Waals surface area contributed by atoms with Gasteiger partial charge < -0.3 is 10.7 Å². The van der Waals surface area contributed by atoms with Gasteiger partial charge in [-0.1, -0.05) is 36.0 Å². The van der Waals surface area contributed by atoms with E-state index in [0.717, 1.165) is 10.7 Å². The average molecular weight is 254 g/mol. The standard InChI is InChI=1S/C15H14N2S/c1-10-6-7-12(16)9-14(10)18-15-8-11-4-2-3-5-13(11)17-15/h2-9,17H,16H2,1H3. The molecule has 3 rings (SSSR count). The van der Waals surface area contributed by atoms with Crippen molar-refractivity contribution in [3.8, 4) is 0 Å². The highest BCUT2D eigenvalue weighted by molar-refractivity contribution is 7.99. The number of aromatic nitrogens is 1. The molecule has 90 valence electrons. The number of aryl methyl sites for hydroxylation is 1. The minimum atomic E-state index is 0.805. The summed E-state index contributed by atoms with van der Waals surface area (Å²) in [5.74, 6) is 0. The van der Waals surface area contributed by atoms with Gasteiger partial charge in [-0.3, -0.25) is 0 Å². The van der Waals surface area contributed by atoms with Crippen LogP contribution in [0.1, 0.15) is 5.56 Å². The summed E-state index contributed by atoms with van der Waals surface area (Å²) in [7, 11) is 0. The van der Waals surface area contributed by atoms with Crippen LogP contribution in [0.2, 0.25) is 0 Å². The van der Waals surface area contributed by atoms with E-state index < -0.39 is 0 Å². The molecule has 3 N–H and O–H groups in total. The molecule has 0 spiro atoms. The molecule has 0 saturated carbocycles. The molecule has 3 aromatic rings. The average Bonchev–Trinajstić information content (AvgIpc) is 2.76. The summed E-state index contributed by atoms with van der Waals surface area (Å²) in [6, 6.07) is 16.5. The fourth-order valence-electron chi connectivity index (χ4n) is 1.95. The van der Waals surface area contributed by atoms with Crippen molar-refractivity contribution in [3.05, 3.63) is 54.1 Å². The van der Waals surface area contributed by atoms with E-state index in [1.165, 1.54) is 21.4 Å². The summed E-state index contributed by atoms with van der Waals surface area (Å²) < 4.78 is 0. The lowest BCUT2D eigenvalue weighted by molar-refractivity contribution is 1.22. The van der Waals surface area contributed by atoms with E-state index >= 15 is 0 Å². The Kier molecular flexibility index (Phi) is 2.76. The number of benzene rings is 2. The summed E-state index contributed by atoms with van der Waals surface area (Å²) in [5.41, 5.74) is 9.05. The van der Waals surface area contributed by atoms with Crippen molar-refractivity contribution >= 4 is 28.4 Å². The van der Waals surface area contributed by atoms with Crippen LogP contribution in [0.15, 0.2) is 58.5 Å². The molecule has 1 aromatic heterocycles. The molecule has 2 nitrogen and oxygen atoms in total. The number of fused-ring (bicyclic) bond motifs is 1. The predicted octanol–water partition coefficient (Wildman–Crippen LogP) is 4.21. The summed E-state index contributed by atoms with van der Waals surface area (Å²) in [6.45, 7) is 2.10. The molecule has 0 atom stereocenters. The van der Waals surface area contributed by atoms with Crippen molar-refractivity contribution in [1.29, 1.82) is 0 Å².